The van der Waals surface area contributed by atoms with E-state index in [1.54, 1.807) is 0 Å². The van der Waals surface area contributed by atoms with Crippen LogP contribution < -0.4 is 0 Å². The van der Waals surface area contributed by atoms with Gasteiger partial charge in [-0.1, -0.05) is 133 Å². The first-order valence-corrected chi connectivity index (χ1v) is 14.1. The van der Waals surface area contributed by atoms with E-state index in [2.05, 4.69) is 61.7 Å². The number of aliphatic imine (C=N–C) groups is 2. The van der Waals surface area contributed by atoms with Gasteiger partial charge in [-0.05, 0) is 35.1 Å². The van der Waals surface area contributed by atoms with Crippen LogP contribution in [0.3, 0.4) is 0 Å². The third kappa shape index (κ3) is 5.14. The molecule has 0 bridgehead atoms. The Morgan fingerprint density at radius 2 is 0.829 bits per heavy atom. The number of allylic oxidation sites excluding steroid dienone is 2. The molecule has 0 aromatic heterocycles. The summed E-state index contributed by atoms with van der Waals surface area (Å²) in [5.41, 5.74) is 3.56. The van der Waals surface area contributed by atoms with Gasteiger partial charge in [-0.25, -0.2) is 9.98 Å². The van der Waals surface area contributed by atoms with Gasteiger partial charge in [0.2, 0.25) is 11.8 Å². The molecule has 0 saturated carbocycles. The Labute approximate surface area is 242 Å². The Morgan fingerprint density at radius 3 is 1.15 bits per heavy atom. The highest BCUT2D eigenvalue weighted by molar-refractivity contribution is 6.07. The first kappa shape index (κ1) is 26.5. The summed E-state index contributed by atoms with van der Waals surface area (Å²) >= 11 is 0. The largest absolute Gasteiger partial charge is 0.469 e. The molecule has 6 rings (SSSR count). The van der Waals surface area contributed by atoms with Gasteiger partial charge in [-0.2, -0.15) is 0 Å². The van der Waals surface area contributed by atoms with Crippen LogP contribution in [0, 0.1) is 5.41 Å². The van der Waals surface area contributed by atoms with Crippen molar-refractivity contribution in [2.45, 2.75) is 37.1 Å². The van der Waals surface area contributed by atoms with Crippen molar-refractivity contribution in [3.8, 4) is 0 Å². The molecule has 4 atom stereocenters. The van der Waals surface area contributed by atoms with Crippen LogP contribution in [0.5, 0.6) is 0 Å². The van der Waals surface area contributed by atoms with E-state index in [-0.39, 0.29) is 24.3 Å². The molecule has 1 unspecified atom stereocenters. The molecular formula is C37H34N2O2. The maximum atomic E-state index is 6.87. The number of rotatable bonds is 10. The van der Waals surface area contributed by atoms with Crippen molar-refractivity contribution in [2.24, 2.45) is 15.4 Å². The van der Waals surface area contributed by atoms with Crippen LogP contribution in [0.15, 0.2) is 157 Å². The van der Waals surface area contributed by atoms with Gasteiger partial charge >= 0.3 is 0 Å². The van der Waals surface area contributed by atoms with Crippen molar-refractivity contribution in [3.05, 3.63) is 169 Å². The van der Waals surface area contributed by atoms with Gasteiger partial charge in [0.1, 0.15) is 17.5 Å². The quantitative estimate of drug-likeness (QED) is 0.189. The van der Waals surface area contributed by atoms with Crippen LogP contribution in [-0.2, 0) is 9.47 Å². The molecule has 4 aromatic rings. The second kappa shape index (κ2) is 11.8. The summed E-state index contributed by atoms with van der Waals surface area (Å²) in [5, 5.41) is 0. The fraction of sp³-hybridized carbons (Fsp3) is 0.189. The minimum Gasteiger partial charge on any atom is -0.469 e. The molecule has 0 saturated heterocycles. The van der Waals surface area contributed by atoms with Gasteiger partial charge in [0, 0.05) is 0 Å². The summed E-state index contributed by atoms with van der Waals surface area (Å²) in [6, 6.07) is 40.9. The summed E-state index contributed by atoms with van der Waals surface area (Å²) < 4.78 is 13.7. The summed E-state index contributed by atoms with van der Waals surface area (Å²) in [6.07, 6.45) is 4.34. The maximum absolute atomic E-state index is 6.87. The lowest BCUT2D eigenvalue weighted by molar-refractivity contribution is 0.155. The molecule has 0 aliphatic carbocycles. The smallest absolute Gasteiger partial charge is 0.201 e. The lowest BCUT2D eigenvalue weighted by Crippen LogP contribution is -2.40. The van der Waals surface area contributed by atoms with E-state index in [0.29, 0.717) is 24.6 Å². The molecule has 2 aliphatic rings. The molecule has 4 heteroatoms. The molecule has 4 nitrogen and oxygen atoms in total. The zero-order chi connectivity index (χ0) is 28.1. The van der Waals surface area contributed by atoms with Gasteiger partial charge in [-0.3, -0.25) is 0 Å². The second-order valence-electron chi connectivity index (χ2n) is 10.5. The summed E-state index contributed by atoms with van der Waals surface area (Å²) in [5.74, 6) is 1.22. The summed E-state index contributed by atoms with van der Waals surface area (Å²) in [4.78, 5) is 10.6. The van der Waals surface area contributed by atoms with Crippen molar-refractivity contribution in [1.82, 2.24) is 0 Å². The molecular weight excluding hydrogens is 504 g/mol. The molecule has 0 amide bonds. The summed E-state index contributed by atoms with van der Waals surface area (Å²) in [6.45, 7) is 8.25. The molecule has 0 fully saturated rings. The third-order valence-electron chi connectivity index (χ3n) is 7.91. The van der Waals surface area contributed by atoms with Crippen LogP contribution in [0.25, 0.3) is 0 Å². The van der Waals surface area contributed by atoms with Crippen molar-refractivity contribution in [3.63, 3.8) is 0 Å². The van der Waals surface area contributed by atoms with Gasteiger partial charge in [0.15, 0.2) is 12.2 Å². The third-order valence-corrected chi connectivity index (χ3v) is 7.91. The Hall–Kier alpha value is -4.70. The lowest BCUT2D eigenvalue weighted by atomic mass is 9.80. The lowest BCUT2D eigenvalue weighted by Gasteiger charge is -2.31. The van der Waals surface area contributed by atoms with Crippen LogP contribution in [-0.4, -0.2) is 11.8 Å². The Kier molecular flexibility index (Phi) is 7.64. The van der Waals surface area contributed by atoms with E-state index in [1.165, 1.54) is 0 Å². The first-order valence-electron chi connectivity index (χ1n) is 14.1. The normalized spacial score (nSPS) is 21.8. The Morgan fingerprint density at radius 1 is 0.512 bits per heavy atom. The van der Waals surface area contributed by atoms with Crippen LogP contribution in [0.4, 0.5) is 0 Å². The Bertz CT molecular complexity index is 1410. The monoisotopic (exact) mass is 538 g/mol. The number of hydrogen-bond acceptors (Lipinski definition) is 4. The van der Waals surface area contributed by atoms with E-state index in [0.717, 1.165) is 22.3 Å². The van der Waals surface area contributed by atoms with Gasteiger partial charge in [-0.15, -0.1) is 13.2 Å². The van der Waals surface area contributed by atoms with Crippen LogP contribution >= 0.6 is 0 Å². The van der Waals surface area contributed by atoms with Gasteiger partial charge in [0.05, 0.1) is 0 Å². The predicted molar refractivity (Wildman–Crippen MR) is 166 cm³/mol. The average Bonchev–Trinajstić information content (AvgIpc) is 3.69. The summed E-state index contributed by atoms with van der Waals surface area (Å²) in [7, 11) is 0. The fourth-order valence-corrected chi connectivity index (χ4v) is 5.89. The highest BCUT2D eigenvalue weighted by Crippen LogP contribution is 2.50. The number of nitrogens with zero attached hydrogens (tertiary/aromatic N) is 2. The predicted octanol–water partition coefficient (Wildman–Crippen LogP) is 8.95. The van der Waals surface area contributed by atoms with Crippen molar-refractivity contribution in [1.29, 1.82) is 0 Å². The van der Waals surface area contributed by atoms with E-state index in [4.69, 9.17) is 19.5 Å². The molecule has 0 N–H and O–H groups in total. The van der Waals surface area contributed by atoms with Crippen molar-refractivity contribution in [2.75, 3.05) is 0 Å². The topological polar surface area (TPSA) is 43.2 Å². The SMILES string of the molecule is C=CCC(CC=C)(C1=N[C@H](c2ccccc2)C(c2ccccc2)O1)C1=N[C@H](c2ccccc2)[C@H](c2ccccc2)O1. The fourth-order valence-electron chi connectivity index (χ4n) is 5.89. The molecule has 0 radical (unpaired) electrons. The first-order chi connectivity index (χ1) is 20.2. The van der Waals surface area contributed by atoms with Crippen molar-refractivity contribution >= 4 is 11.8 Å². The van der Waals surface area contributed by atoms with E-state index >= 15 is 0 Å². The molecule has 2 heterocycles. The minimum absolute atomic E-state index is 0.209. The maximum Gasteiger partial charge on any atom is 0.201 e. The van der Waals surface area contributed by atoms with Crippen molar-refractivity contribution < 1.29 is 9.47 Å². The highest BCUT2D eigenvalue weighted by atomic mass is 16.5. The van der Waals surface area contributed by atoms with E-state index in [9.17, 15) is 0 Å². The zero-order valence-electron chi connectivity index (χ0n) is 23.1. The minimum atomic E-state index is -0.781. The van der Waals surface area contributed by atoms with Gasteiger partial charge < -0.3 is 9.47 Å². The number of ether oxygens (including phenoxy) is 2. The standard InChI is InChI=1S/C37H34N2O2/c1-3-25-37(26-4-2,35-38-31(27-17-9-5-10-18-27)33(40-35)29-21-13-7-14-22-29)36-39-32(28-19-11-6-12-20-28)34(41-36)30-23-15-8-16-24-30/h3-24,31-34H,1-2,25-26H2/t31-,32-,33+,34?/m1/s1. The number of hydrogen-bond donors (Lipinski definition) is 0. The average molecular weight is 539 g/mol. The van der Waals surface area contributed by atoms with Crippen LogP contribution in [0.2, 0.25) is 0 Å². The molecule has 204 valence electrons. The van der Waals surface area contributed by atoms with Crippen LogP contribution in [0.1, 0.15) is 59.4 Å². The second-order valence-corrected chi connectivity index (χ2v) is 10.5. The van der Waals surface area contributed by atoms with E-state index in [1.807, 2.05) is 84.9 Å². The number of benzene rings is 4. The molecule has 0 spiro atoms. The Balaban J connectivity index is 1.47. The molecule has 2 aliphatic heterocycles. The van der Waals surface area contributed by atoms with Gasteiger partial charge in [0.25, 0.3) is 0 Å². The molecule has 41 heavy (non-hydrogen) atoms. The highest BCUT2D eigenvalue weighted by Gasteiger charge is 2.51. The molecule has 4 aromatic carbocycles. The zero-order valence-corrected chi connectivity index (χ0v) is 23.1. The van der Waals surface area contributed by atoms with E-state index < -0.39 is 5.41 Å².